The van der Waals surface area contributed by atoms with Gasteiger partial charge in [-0.05, 0) is 48.9 Å². The molecule has 0 atom stereocenters. The molecule has 3 aromatic carbocycles. The number of amides is 1. The number of ketones is 1. The zero-order chi connectivity index (χ0) is 27.2. The summed E-state index contributed by atoms with van der Waals surface area (Å²) in [7, 11) is 3.98. The van der Waals surface area contributed by atoms with E-state index in [0.29, 0.717) is 11.5 Å². The summed E-state index contributed by atoms with van der Waals surface area (Å²) in [5, 5.41) is 7.67. The van der Waals surface area contributed by atoms with Gasteiger partial charge in [0.05, 0.1) is 5.52 Å². The third kappa shape index (κ3) is 6.60. The van der Waals surface area contributed by atoms with Crippen molar-refractivity contribution in [3.8, 4) is 11.1 Å². The molecule has 0 aliphatic heterocycles. The SMILES string of the molecule is CN(C)c1nc(NC2CCC(NC(=O)CCC(=O)c3ccc(-c4ccccc4)cc3)CC2)nc2ccccc12. The number of hydrogen-bond donors (Lipinski definition) is 2. The van der Waals surface area contributed by atoms with Crippen LogP contribution in [0.25, 0.3) is 22.0 Å². The predicted molar refractivity (Wildman–Crippen MR) is 157 cm³/mol. The molecule has 0 unspecified atom stereocenters. The zero-order valence-corrected chi connectivity index (χ0v) is 22.6. The number of Topliss-reactive ketones (excluding diaryl/α,β-unsaturated/α-hetero) is 1. The van der Waals surface area contributed by atoms with Crippen molar-refractivity contribution in [3.05, 3.63) is 84.4 Å². The fourth-order valence-corrected chi connectivity index (χ4v) is 5.18. The lowest BCUT2D eigenvalue weighted by molar-refractivity contribution is -0.122. The highest BCUT2D eigenvalue weighted by Gasteiger charge is 2.23. The highest BCUT2D eigenvalue weighted by molar-refractivity contribution is 5.98. The molecule has 4 aromatic rings. The van der Waals surface area contributed by atoms with Crippen LogP contribution in [0.5, 0.6) is 0 Å². The summed E-state index contributed by atoms with van der Waals surface area (Å²) >= 11 is 0. The number of nitrogens with zero attached hydrogens (tertiary/aromatic N) is 3. The van der Waals surface area contributed by atoms with Crippen LogP contribution in [0.3, 0.4) is 0 Å². The minimum atomic E-state index is -0.0610. The Labute approximate surface area is 229 Å². The lowest BCUT2D eigenvalue weighted by atomic mass is 9.91. The van der Waals surface area contributed by atoms with Crippen molar-refractivity contribution in [1.29, 1.82) is 0 Å². The lowest BCUT2D eigenvalue weighted by Gasteiger charge is -2.30. The van der Waals surface area contributed by atoms with Crippen LogP contribution in [-0.2, 0) is 4.79 Å². The Balaban J connectivity index is 1.07. The van der Waals surface area contributed by atoms with E-state index in [-0.39, 0.29) is 36.6 Å². The van der Waals surface area contributed by atoms with Crippen LogP contribution in [-0.4, -0.2) is 47.8 Å². The molecule has 2 N–H and O–H groups in total. The largest absolute Gasteiger partial charge is 0.362 e. The second-order valence-corrected chi connectivity index (χ2v) is 10.4. The number of carbonyl (C=O) groups is 2. The summed E-state index contributed by atoms with van der Waals surface area (Å²) in [6, 6.07) is 26.1. The molecule has 200 valence electrons. The van der Waals surface area contributed by atoms with Crippen molar-refractivity contribution in [2.24, 2.45) is 0 Å². The van der Waals surface area contributed by atoms with Crippen LogP contribution in [0.15, 0.2) is 78.9 Å². The number of benzene rings is 3. The van der Waals surface area contributed by atoms with Crippen molar-refractivity contribution >= 4 is 34.4 Å². The van der Waals surface area contributed by atoms with Crippen molar-refractivity contribution < 1.29 is 9.59 Å². The molecule has 1 saturated carbocycles. The molecule has 7 heteroatoms. The van der Waals surface area contributed by atoms with Gasteiger partial charge in [-0.3, -0.25) is 9.59 Å². The van der Waals surface area contributed by atoms with Crippen LogP contribution in [0, 0.1) is 0 Å². The Morgan fingerprint density at radius 3 is 2.13 bits per heavy atom. The number of aromatic nitrogens is 2. The van der Waals surface area contributed by atoms with E-state index in [9.17, 15) is 9.59 Å². The topological polar surface area (TPSA) is 87.2 Å². The Bertz CT molecular complexity index is 1430. The first-order chi connectivity index (χ1) is 19.0. The summed E-state index contributed by atoms with van der Waals surface area (Å²) in [6.07, 6.45) is 4.02. The van der Waals surface area contributed by atoms with Gasteiger partial charge < -0.3 is 15.5 Å². The number of carbonyl (C=O) groups excluding carboxylic acids is 2. The molecule has 0 bridgehead atoms. The van der Waals surface area contributed by atoms with E-state index in [1.807, 2.05) is 97.9 Å². The second-order valence-electron chi connectivity index (χ2n) is 10.4. The van der Waals surface area contributed by atoms with Crippen molar-refractivity contribution in [3.63, 3.8) is 0 Å². The summed E-state index contributed by atoms with van der Waals surface area (Å²) in [5.41, 5.74) is 3.74. The highest BCUT2D eigenvalue weighted by Crippen LogP contribution is 2.26. The van der Waals surface area contributed by atoms with Gasteiger partial charge in [-0.15, -0.1) is 0 Å². The van der Waals surface area contributed by atoms with Gasteiger partial charge >= 0.3 is 0 Å². The molecule has 7 nitrogen and oxygen atoms in total. The average Bonchev–Trinajstić information content (AvgIpc) is 2.97. The quantitative estimate of drug-likeness (QED) is 0.268. The maximum Gasteiger partial charge on any atom is 0.225 e. The van der Waals surface area contributed by atoms with Gasteiger partial charge in [-0.2, -0.15) is 4.98 Å². The smallest absolute Gasteiger partial charge is 0.225 e. The van der Waals surface area contributed by atoms with Gasteiger partial charge in [-0.25, -0.2) is 4.98 Å². The van der Waals surface area contributed by atoms with E-state index in [2.05, 4.69) is 10.6 Å². The summed E-state index contributed by atoms with van der Waals surface area (Å²) < 4.78 is 0. The van der Waals surface area contributed by atoms with E-state index >= 15 is 0 Å². The fraction of sp³-hybridized carbons (Fsp3) is 0.312. The Hall–Kier alpha value is -4.26. The first-order valence-corrected chi connectivity index (χ1v) is 13.6. The van der Waals surface area contributed by atoms with E-state index in [4.69, 9.17) is 9.97 Å². The standard InChI is InChI=1S/C32H35N5O2/c1-37(2)31-27-10-6-7-11-28(27)35-32(36-31)34-26-18-16-25(17-19-26)33-30(39)21-20-29(38)24-14-12-23(13-15-24)22-8-4-3-5-9-22/h3-15,25-26H,16-21H2,1-2H3,(H,33,39)(H,34,35,36). The van der Waals surface area contributed by atoms with E-state index in [0.717, 1.165) is 53.5 Å². The molecule has 1 amide bonds. The van der Waals surface area contributed by atoms with Gasteiger partial charge in [0.2, 0.25) is 11.9 Å². The Kier molecular flexibility index (Phi) is 8.16. The van der Waals surface area contributed by atoms with Gasteiger partial charge in [0.25, 0.3) is 0 Å². The zero-order valence-electron chi connectivity index (χ0n) is 22.6. The molecule has 0 radical (unpaired) electrons. The summed E-state index contributed by atoms with van der Waals surface area (Å²) in [4.78, 5) is 36.7. The van der Waals surface area contributed by atoms with E-state index in [1.54, 1.807) is 0 Å². The van der Waals surface area contributed by atoms with Crippen molar-refractivity contribution in [2.45, 2.75) is 50.6 Å². The molecule has 1 aromatic heterocycles. The normalized spacial score (nSPS) is 17.0. The fourth-order valence-electron chi connectivity index (χ4n) is 5.18. The number of fused-ring (bicyclic) bond motifs is 1. The molecule has 5 rings (SSSR count). The molecule has 39 heavy (non-hydrogen) atoms. The summed E-state index contributed by atoms with van der Waals surface area (Å²) in [5.74, 6) is 1.46. The average molecular weight is 522 g/mol. The monoisotopic (exact) mass is 521 g/mol. The number of hydrogen-bond acceptors (Lipinski definition) is 6. The second kappa shape index (κ2) is 12.1. The van der Waals surface area contributed by atoms with Crippen LogP contribution >= 0.6 is 0 Å². The molecule has 0 saturated heterocycles. The predicted octanol–water partition coefficient (Wildman–Crippen LogP) is 5.87. The molecule has 1 aliphatic rings. The van der Waals surface area contributed by atoms with Crippen molar-refractivity contribution in [2.75, 3.05) is 24.3 Å². The van der Waals surface area contributed by atoms with Crippen LogP contribution in [0.1, 0.15) is 48.9 Å². The Morgan fingerprint density at radius 1 is 0.769 bits per heavy atom. The van der Waals surface area contributed by atoms with Crippen molar-refractivity contribution in [1.82, 2.24) is 15.3 Å². The number of rotatable bonds is 9. The first-order valence-electron chi connectivity index (χ1n) is 13.6. The lowest BCUT2D eigenvalue weighted by Crippen LogP contribution is -2.40. The summed E-state index contributed by atoms with van der Waals surface area (Å²) in [6.45, 7) is 0. The number of anilines is 2. The van der Waals surface area contributed by atoms with E-state index in [1.165, 1.54) is 0 Å². The van der Waals surface area contributed by atoms with E-state index < -0.39 is 0 Å². The number of nitrogens with one attached hydrogen (secondary N) is 2. The minimum Gasteiger partial charge on any atom is -0.362 e. The minimum absolute atomic E-state index is 0.00912. The molecular formula is C32H35N5O2. The maximum atomic E-state index is 12.7. The first kappa shape index (κ1) is 26.4. The van der Waals surface area contributed by atoms with Crippen LogP contribution in [0.2, 0.25) is 0 Å². The molecular weight excluding hydrogens is 486 g/mol. The molecule has 1 fully saturated rings. The third-order valence-corrected chi connectivity index (χ3v) is 7.33. The van der Waals surface area contributed by atoms with Gasteiger partial charge in [0.15, 0.2) is 5.78 Å². The highest BCUT2D eigenvalue weighted by atomic mass is 16.2. The Morgan fingerprint density at radius 2 is 1.41 bits per heavy atom. The van der Waals surface area contributed by atoms with Crippen LogP contribution in [0.4, 0.5) is 11.8 Å². The molecule has 0 spiro atoms. The van der Waals surface area contributed by atoms with Gasteiger partial charge in [0, 0.05) is 50.0 Å². The van der Waals surface area contributed by atoms with Crippen LogP contribution < -0.4 is 15.5 Å². The molecule has 1 aliphatic carbocycles. The van der Waals surface area contributed by atoms with Gasteiger partial charge in [0.1, 0.15) is 5.82 Å². The third-order valence-electron chi connectivity index (χ3n) is 7.33. The molecule has 1 heterocycles. The van der Waals surface area contributed by atoms with Gasteiger partial charge in [-0.1, -0.05) is 66.7 Å². The number of para-hydroxylation sites is 1. The maximum absolute atomic E-state index is 12.7.